The van der Waals surface area contributed by atoms with Crippen LogP contribution in [-0.4, -0.2) is 13.1 Å². The summed E-state index contributed by atoms with van der Waals surface area (Å²) < 4.78 is 16.5. The highest BCUT2D eigenvalue weighted by atomic mass is 35.5. The first-order chi connectivity index (χ1) is 15.5. The molecule has 7 heteroatoms. The van der Waals surface area contributed by atoms with Gasteiger partial charge in [-0.3, -0.25) is 4.79 Å². The van der Waals surface area contributed by atoms with Gasteiger partial charge in [0.2, 0.25) is 11.2 Å². The zero-order valence-electron chi connectivity index (χ0n) is 16.8. The maximum Gasteiger partial charge on any atom is 0.336 e. The van der Waals surface area contributed by atoms with Gasteiger partial charge in [0.25, 0.3) is 0 Å². The first kappa shape index (κ1) is 21.7. The molecule has 0 aliphatic heterocycles. The minimum atomic E-state index is -0.741. The molecule has 0 aliphatic rings. The lowest BCUT2D eigenvalue weighted by atomic mass is 10.1. The van der Waals surface area contributed by atoms with Crippen molar-refractivity contribution in [2.24, 2.45) is 0 Å². The Morgan fingerprint density at radius 1 is 1.00 bits per heavy atom. The fourth-order valence-corrected chi connectivity index (χ4v) is 3.58. The van der Waals surface area contributed by atoms with Crippen molar-refractivity contribution in [2.75, 3.05) is 7.11 Å². The molecule has 0 saturated carbocycles. The molecule has 0 aliphatic carbocycles. The molecular formula is C25H16Cl2O5. The van der Waals surface area contributed by atoms with Crippen molar-refractivity contribution in [1.29, 1.82) is 0 Å². The quantitative estimate of drug-likeness (QED) is 0.251. The fourth-order valence-electron chi connectivity index (χ4n) is 3.08. The number of halogens is 2. The number of benzene rings is 3. The van der Waals surface area contributed by atoms with Crippen molar-refractivity contribution in [3.05, 3.63) is 98.6 Å². The number of fused-ring (bicyclic) bond motifs is 1. The summed E-state index contributed by atoms with van der Waals surface area (Å²) in [5.41, 5.74) is 0.987. The fraction of sp³-hybridized carbons (Fsp3) is 0.0400. The first-order valence-corrected chi connectivity index (χ1v) is 10.3. The SMILES string of the molecule is COc1ccc(/C=C/C(=O)Oc2c(-c3ccc(Cl)cc3Cl)oc3ccccc3c2=O)cc1. The molecule has 1 aromatic heterocycles. The molecule has 0 amide bonds. The van der Waals surface area contributed by atoms with Crippen molar-refractivity contribution in [3.8, 4) is 22.8 Å². The molecule has 0 bridgehead atoms. The zero-order chi connectivity index (χ0) is 22.7. The molecule has 32 heavy (non-hydrogen) atoms. The van der Waals surface area contributed by atoms with Gasteiger partial charge in [0.05, 0.1) is 17.5 Å². The molecule has 3 aromatic carbocycles. The highest BCUT2D eigenvalue weighted by molar-refractivity contribution is 6.36. The van der Waals surface area contributed by atoms with Crippen LogP contribution in [-0.2, 0) is 4.79 Å². The third-order valence-electron chi connectivity index (χ3n) is 4.66. The average molecular weight is 467 g/mol. The summed E-state index contributed by atoms with van der Waals surface area (Å²) in [7, 11) is 1.57. The number of carbonyl (C=O) groups excluding carboxylic acids is 1. The summed E-state index contributed by atoms with van der Waals surface area (Å²) in [5, 5.41) is 0.952. The highest BCUT2D eigenvalue weighted by Gasteiger charge is 2.21. The van der Waals surface area contributed by atoms with E-state index in [1.54, 1.807) is 73.8 Å². The van der Waals surface area contributed by atoms with Crippen LogP contribution in [0.15, 0.2) is 82.0 Å². The predicted molar refractivity (Wildman–Crippen MR) is 126 cm³/mol. The van der Waals surface area contributed by atoms with Gasteiger partial charge >= 0.3 is 5.97 Å². The van der Waals surface area contributed by atoms with Crippen molar-refractivity contribution < 1.29 is 18.7 Å². The van der Waals surface area contributed by atoms with E-state index in [4.69, 9.17) is 37.1 Å². The van der Waals surface area contributed by atoms with E-state index in [2.05, 4.69) is 0 Å². The molecule has 4 aromatic rings. The molecule has 0 fully saturated rings. The molecule has 0 spiro atoms. The summed E-state index contributed by atoms with van der Waals surface area (Å²) in [5.74, 6) is -0.253. The summed E-state index contributed by atoms with van der Waals surface area (Å²) in [6, 6.07) is 18.5. The zero-order valence-corrected chi connectivity index (χ0v) is 18.3. The van der Waals surface area contributed by atoms with Crippen LogP contribution in [0.4, 0.5) is 0 Å². The number of methoxy groups -OCH3 is 1. The molecule has 0 atom stereocenters. The number of carbonyl (C=O) groups is 1. The predicted octanol–water partition coefficient (Wildman–Crippen LogP) is 6.39. The van der Waals surface area contributed by atoms with E-state index in [-0.39, 0.29) is 21.9 Å². The molecule has 5 nitrogen and oxygen atoms in total. The van der Waals surface area contributed by atoms with Crippen LogP contribution in [0.1, 0.15) is 5.56 Å². The van der Waals surface area contributed by atoms with Crippen LogP contribution in [0.25, 0.3) is 28.4 Å². The molecule has 0 saturated heterocycles. The topological polar surface area (TPSA) is 65.7 Å². The van der Waals surface area contributed by atoms with Gasteiger partial charge in [-0.25, -0.2) is 4.79 Å². The Hall–Kier alpha value is -3.54. The maximum atomic E-state index is 13.1. The van der Waals surface area contributed by atoms with E-state index in [1.165, 1.54) is 12.1 Å². The van der Waals surface area contributed by atoms with E-state index < -0.39 is 11.4 Å². The van der Waals surface area contributed by atoms with E-state index >= 15 is 0 Å². The normalized spacial score (nSPS) is 11.1. The van der Waals surface area contributed by atoms with Crippen LogP contribution in [0.2, 0.25) is 10.0 Å². The average Bonchev–Trinajstić information content (AvgIpc) is 2.80. The molecule has 160 valence electrons. The molecule has 0 N–H and O–H groups in total. The lowest BCUT2D eigenvalue weighted by Crippen LogP contribution is -2.14. The van der Waals surface area contributed by atoms with Crippen molar-refractivity contribution in [2.45, 2.75) is 0 Å². The number of hydrogen-bond donors (Lipinski definition) is 0. The van der Waals surface area contributed by atoms with E-state index in [0.717, 1.165) is 5.56 Å². The van der Waals surface area contributed by atoms with Crippen LogP contribution in [0, 0.1) is 0 Å². The van der Waals surface area contributed by atoms with Crippen molar-refractivity contribution in [3.63, 3.8) is 0 Å². The monoisotopic (exact) mass is 466 g/mol. The van der Waals surface area contributed by atoms with Gasteiger partial charge in [0, 0.05) is 16.7 Å². The number of ether oxygens (including phenoxy) is 2. The summed E-state index contributed by atoms with van der Waals surface area (Å²) in [4.78, 5) is 25.7. The Balaban J connectivity index is 1.74. The summed E-state index contributed by atoms with van der Waals surface area (Å²) in [6.07, 6.45) is 2.79. The van der Waals surface area contributed by atoms with Gasteiger partial charge in [-0.15, -0.1) is 0 Å². The van der Waals surface area contributed by atoms with Gasteiger partial charge in [0.1, 0.15) is 11.3 Å². The lowest BCUT2D eigenvalue weighted by molar-refractivity contribution is -0.129. The number of rotatable bonds is 5. The summed E-state index contributed by atoms with van der Waals surface area (Å²) in [6.45, 7) is 0. The Morgan fingerprint density at radius 2 is 1.75 bits per heavy atom. The molecular weight excluding hydrogens is 451 g/mol. The molecule has 0 unspecified atom stereocenters. The Kier molecular flexibility index (Phi) is 6.30. The van der Waals surface area contributed by atoms with Gasteiger partial charge in [-0.05, 0) is 54.1 Å². The minimum Gasteiger partial charge on any atom is -0.497 e. The third kappa shape index (κ3) is 4.54. The number of hydrogen-bond acceptors (Lipinski definition) is 5. The number of para-hydroxylation sites is 1. The first-order valence-electron chi connectivity index (χ1n) is 9.51. The van der Waals surface area contributed by atoms with E-state index in [9.17, 15) is 9.59 Å². The molecule has 4 rings (SSSR count). The van der Waals surface area contributed by atoms with Crippen LogP contribution >= 0.6 is 23.2 Å². The maximum absolute atomic E-state index is 13.1. The standard InChI is InChI=1S/C25H16Cl2O5/c1-30-17-10-6-15(7-11-17)8-13-22(28)32-25-23(29)19-4-2-3-5-21(19)31-24(25)18-12-9-16(26)14-20(18)27/h2-14H,1H3/b13-8+. The Morgan fingerprint density at radius 3 is 2.47 bits per heavy atom. The molecule has 0 radical (unpaired) electrons. The van der Waals surface area contributed by atoms with E-state index in [0.29, 0.717) is 21.9 Å². The highest BCUT2D eigenvalue weighted by Crippen LogP contribution is 2.36. The Bertz CT molecular complexity index is 1390. The second-order valence-electron chi connectivity index (χ2n) is 6.74. The van der Waals surface area contributed by atoms with Gasteiger partial charge in [0.15, 0.2) is 5.76 Å². The van der Waals surface area contributed by atoms with E-state index in [1.807, 2.05) is 0 Å². The largest absolute Gasteiger partial charge is 0.497 e. The lowest BCUT2D eigenvalue weighted by Gasteiger charge is -2.11. The second kappa shape index (κ2) is 9.30. The van der Waals surface area contributed by atoms with Gasteiger partial charge in [-0.2, -0.15) is 0 Å². The Labute approximate surface area is 193 Å². The van der Waals surface area contributed by atoms with Gasteiger partial charge in [-0.1, -0.05) is 47.5 Å². The smallest absolute Gasteiger partial charge is 0.336 e. The second-order valence-corrected chi connectivity index (χ2v) is 7.58. The minimum absolute atomic E-state index is 0.0431. The molecule has 1 heterocycles. The summed E-state index contributed by atoms with van der Waals surface area (Å²) >= 11 is 12.3. The van der Waals surface area contributed by atoms with Crippen LogP contribution in [0.3, 0.4) is 0 Å². The van der Waals surface area contributed by atoms with Crippen molar-refractivity contribution in [1.82, 2.24) is 0 Å². The van der Waals surface area contributed by atoms with Crippen LogP contribution in [0.5, 0.6) is 11.5 Å². The van der Waals surface area contributed by atoms with Crippen molar-refractivity contribution >= 4 is 46.2 Å². The van der Waals surface area contributed by atoms with Gasteiger partial charge < -0.3 is 13.9 Å². The van der Waals surface area contributed by atoms with Crippen LogP contribution < -0.4 is 14.9 Å². The third-order valence-corrected chi connectivity index (χ3v) is 5.21. The number of esters is 1.